The van der Waals surface area contributed by atoms with Gasteiger partial charge in [-0.05, 0) is 102 Å². The van der Waals surface area contributed by atoms with Gasteiger partial charge in [0.25, 0.3) is 0 Å². The number of hydrogen-bond acceptors (Lipinski definition) is 4. The normalized spacial score (nSPS) is 13.1. The number of fused-ring (bicyclic) bond motifs is 12. The maximum Gasteiger partial charge on any atom is 0.164 e. The molecule has 272 valence electrons. The summed E-state index contributed by atoms with van der Waals surface area (Å²) in [5.41, 5.74) is 11.9. The van der Waals surface area contributed by atoms with Gasteiger partial charge in [-0.2, -0.15) is 0 Å². The summed E-state index contributed by atoms with van der Waals surface area (Å²) in [7, 11) is 0. The zero-order chi connectivity index (χ0) is 38.5. The van der Waals surface area contributed by atoms with E-state index >= 15 is 0 Å². The summed E-state index contributed by atoms with van der Waals surface area (Å²) in [5, 5.41) is 9.29. The Hall–Kier alpha value is -7.43. The van der Waals surface area contributed by atoms with E-state index in [2.05, 4.69) is 172 Å². The van der Waals surface area contributed by atoms with Gasteiger partial charge in [0.15, 0.2) is 17.5 Å². The van der Waals surface area contributed by atoms with Gasteiger partial charge in [0.05, 0.1) is 0 Å². The molecule has 0 unspecified atom stereocenters. The SMILES string of the molecule is CC1(C)c2ccccc2-c2ccc(-c3nc(-c4cccc(-c5ccccc5)c4)nc(-c4ccc5c(c4)c4ccccc4c4cc6oc7ccccc7c6cc54)n3)cc21. The standard InChI is InChI=1S/C54H35N3O/c1-54(2)47-21-10-8-19-40(47)41-26-24-36(29-48(41)54)53-56-51(34-16-12-15-33(27-34)32-13-4-3-5-14-32)55-52(57-53)35-23-25-39-43(28-35)37-17-6-7-18-38(37)45-31-50-46(30-44(39)45)42-20-9-11-22-49(42)58-50/h3-31H,1-2H3. The molecule has 0 amide bonds. The third-order valence-corrected chi connectivity index (χ3v) is 12.3. The first-order chi connectivity index (χ1) is 28.5. The minimum atomic E-state index is -0.152. The number of aromatic nitrogens is 3. The average Bonchev–Trinajstić information content (AvgIpc) is 3.76. The first kappa shape index (κ1) is 32.8. The molecule has 0 aliphatic heterocycles. The van der Waals surface area contributed by atoms with E-state index in [4.69, 9.17) is 19.4 Å². The van der Waals surface area contributed by atoms with E-state index < -0.39 is 0 Å². The second kappa shape index (κ2) is 12.3. The molecule has 4 nitrogen and oxygen atoms in total. The second-order valence-electron chi connectivity index (χ2n) is 16.0. The predicted octanol–water partition coefficient (Wildman–Crippen LogP) is 14.2. The van der Waals surface area contributed by atoms with Crippen LogP contribution in [0, 0.1) is 0 Å². The number of hydrogen-bond donors (Lipinski definition) is 0. The summed E-state index contributed by atoms with van der Waals surface area (Å²) in [6.07, 6.45) is 0. The lowest BCUT2D eigenvalue weighted by Gasteiger charge is -2.21. The van der Waals surface area contributed by atoms with Crippen LogP contribution in [-0.4, -0.2) is 15.0 Å². The van der Waals surface area contributed by atoms with Crippen molar-refractivity contribution in [3.05, 3.63) is 187 Å². The predicted molar refractivity (Wildman–Crippen MR) is 239 cm³/mol. The number of nitrogens with zero attached hydrogens (tertiary/aromatic N) is 3. The summed E-state index contributed by atoms with van der Waals surface area (Å²) < 4.78 is 6.36. The van der Waals surface area contributed by atoms with Crippen molar-refractivity contribution in [2.24, 2.45) is 0 Å². The Balaban J connectivity index is 1.08. The van der Waals surface area contributed by atoms with Crippen LogP contribution in [0.3, 0.4) is 0 Å². The second-order valence-corrected chi connectivity index (χ2v) is 16.0. The van der Waals surface area contributed by atoms with Gasteiger partial charge in [0.1, 0.15) is 11.2 Å². The largest absolute Gasteiger partial charge is 0.456 e. The molecule has 0 saturated carbocycles. The third-order valence-electron chi connectivity index (χ3n) is 12.3. The molecule has 11 aromatic rings. The summed E-state index contributed by atoms with van der Waals surface area (Å²) >= 11 is 0. The van der Waals surface area contributed by atoms with Gasteiger partial charge in [-0.15, -0.1) is 0 Å². The molecule has 0 radical (unpaired) electrons. The first-order valence-corrected chi connectivity index (χ1v) is 19.8. The number of para-hydroxylation sites is 1. The maximum absolute atomic E-state index is 6.36. The van der Waals surface area contributed by atoms with Gasteiger partial charge in [0, 0.05) is 32.9 Å². The highest BCUT2D eigenvalue weighted by Gasteiger charge is 2.35. The Kier molecular flexibility index (Phi) is 6.94. The van der Waals surface area contributed by atoms with Crippen LogP contribution in [0.2, 0.25) is 0 Å². The van der Waals surface area contributed by atoms with E-state index in [1.807, 2.05) is 18.2 Å². The third kappa shape index (κ3) is 4.91. The molecule has 0 N–H and O–H groups in total. The van der Waals surface area contributed by atoms with E-state index in [-0.39, 0.29) is 5.41 Å². The number of benzene rings is 9. The fourth-order valence-electron chi connectivity index (χ4n) is 9.39. The molecule has 0 atom stereocenters. The number of rotatable bonds is 4. The first-order valence-electron chi connectivity index (χ1n) is 19.8. The van der Waals surface area contributed by atoms with Gasteiger partial charge in [-0.1, -0.05) is 153 Å². The van der Waals surface area contributed by atoms with Crippen molar-refractivity contribution in [3.63, 3.8) is 0 Å². The molecular formula is C54H35N3O. The van der Waals surface area contributed by atoms with Crippen LogP contribution in [-0.2, 0) is 5.41 Å². The van der Waals surface area contributed by atoms with E-state index in [1.54, 1.807) is 0 Å². The molecule has 0 fully saturated rings. The molecule has 1 aliphatic rings. The highest BCUT2D eigenvalue weighted by molar-refractivity contribution is 6.28. The Morgan fingerprint density at radius 1 is 0.328 bits per heavy atom. The van der Waals surface area contributed by atoms with Crippen LogP contribution in [0.5, 0.6) is 0 Å². The van der Waals surface area contributed by atoms with Crippen molar-refractivity contribution in [1.29, 1.82) is 0 Å². The molecular weight excluding hydrogens is 707 g/mol. The van der Waals surface area contributed by atoms with Crippen molar-refractivity contribution < 1.29 is 4.42 Å². The van der Waals surface area contributed by atoms with Crippen LogP contribution in [0.4, 0.5) is 0 Å². The van der Waals surface area contributed by atoms with Crippen molar-refractivity contribution in [3.8, 4) is 56.4 Å². The van der Waals surface area contributed by atoms with Gasteiger partial charge < -0.3 is 4.42 Å². The van der Waals surface area contributed by atoms with Crippen LogP contribution >= 0.6 is 0 Å². The number of furan rings is 1. The molecule has 0 spiro atoms. The lowest BCUT2D eigenvalue weighted by Crippen LogP contribution is -2.15. The summed E-state index contributed by atoms with van der Waals surface area (Å²) in [4.78, 5) is 15.8. The Labute approximate surface area is 335 Å². The fourth-order valence-corrected chi connectivity index (χ4v) is 9.39. The quantitative estimate of drug-likeness (QED) is 0.169. The maximum atomic E-state index is 6.36. The van der Waals surface area contributed by atoms with Gasteiger partial charge in [-0.25, -0.2) is 15.0 Å². The zero-order valence-electron chi connectivity index (χ0n) is 32.0. The average molecular weight is 742 g/mol. The molecule has 2 aromatic heterocycles. The van der Waals surface area contributed by atoms with Crippen LogP contribution in [0.1, 0.15) is 25.0 Å². The van der Waals surface area contributed by atoms with E-state index in [0.29, 0.717) is 17.5 Å². The molecule has 12 rings (SSSR count). The van der Waals surface area contributed by atoms with Gasteiger partial charge in [0.2, 0.25) is 0 Å². The summed E-state index contributed by atoms with van der Waals surface area (Å²) in [6.45, 7) is 4.62. The van der Waals surface area contributed by atoms with E-state index in [9.17, 15) is 0 Å². The Morgan fingerprint density at radius 3 is 1.67 bits per heavy atom. The molecule has 0 saturated heterocycles. The highest BCUT2D eigenvalue weighted by Crippen LogP contribution is 2.49. The molecule has 1 aliphatic carbocycles. The molecule has 9 aromatic carbocycles. The van der Waals surface area contributed by atoms with Crippen LogP contribution < -0.4 is 0 Å². The fraction of sp³-hybridized carbons (Fsp3) is 0.0556. The van der Waals surface area contributed by atoms with Crippen molar-refractivity contribution in [1.82, 2.24) is 15.0 Å². The molecule has 58 heavy (non-hydrogen) atoms. The highest BCUT2D eigenvalue weighted by atomic mass is 16.3. The minimum Gasteiger partial charge on any atom is -0.456 e. The summed E-state index contributed by atoms with van der Waals surface area (Å²) in [6, 6.07) is 62.5. The van der Waals surface area contributed by atoms with Crippen molar-refractivity contribution in [2.45, 2.75) is 19.3 Å². The lowest BCUT2D eigenvalue weighted by molar-refractivity contribution is 0.660. The lowest BCUT2D eigenvalue weighted by atomic mass is 9.82. The van der Waals surface area contributed by atoms with Crippen LogP contribution in [0.25, 0.3) is 111 Å². The Bertz CT molecular complexity index is 3490. The van der Waals surface area contributed by atoms with Gasteiger partial charge in [-0.3, -0.25) is 0 Å². The minimum absolute atomic E-state index is 0.152. The monoisotopic (exact) mass is 741 g/mol. The molecule has 4 heteroatoms. The molecule has 2 heterocycles. The van der Waals surface area contributed by atoms with Crippen molar-refractivity contribution in [2.75, 3.05) is 0 Å². The van der Waals surface area contributed by atoms with E-state index in [0.717, 1.165) is 55.1 Å². The van der Waals surface area contributed by atoms with Gasteiger partial charge >= 0.3 is 0 Å². The van der Waals surface area contributed by atoms with Crippen LogP contribution in [0.15, 0.2) is 180 Å². The zero-order valence-corrected chi connectivity index (χ0v) is 32.0. The summed E-state index contributed by atoms with van der Waals surface area (Å²) in [5.74, 6) is 1.92. The topological polar surface area (TPSA) is 51.8 Å². The Morgan fingerprint density at radius 2 is 0.879 bits per heavy atom. The van der Waals surface area contributed by atoms with E-state index in [1.165, 1.54) is 49.2 Å². The smallest absolute Gasteiger partial charge is 0.164 e. The molecule has 0 bridgehead atoms. The van der Waals surface area contributed by atoms with Crippen molar-refractivity contribution >= 4 is 54.3 Å².